The SMILES string of the molecule is O=C1/C(=C/c2[nH]c(-c3ccc(Cl)cc3)cc2CCCNCl)SC(=S)N1C1CC2CCC1C2. The minimum atomic E-state index is 0.0635. The van der Waals surface area contributed by atoms with E-state index in [1.165, 1.54) is 31.0 Å². The number of amides is 1. The van der Waals surface area contributed by atoms with Crippen LogP contribution in [-0.2, 0) is 11.2 Å². The van der Waals surface area contributed by atoms with Crippen LogP contribution in [0.5, 0.6) is 0 Å². The van der Waals surface area contributed by atoms with Crippen molar-refractivity contribution in [2.45, 2.75) is 44.6 Å². The molecule has 2 aliphatic carbocycles. The maximum Gasteiger partial charge on any atom is 0.266 e. The molecule has 2 saturated carbocycles. The normalized spacial score (nSPS) is 26.1. The van der Waals surface area contributed by atoms with Crippen LogP contribution >= 0.6 is 47.4 Å². The fourth-order valence-corrected chi connectivity index (χ4v) is 7.02. The van der Waals surface area contributed by atoms with Crippen molar-refractivity contribution in [1.29, 1.82) is 0 Å². The number of rotatable bonds is 7. The smallest absolute Gasteiger partial charge is 0.266 e. The maximum atomic E-state index is 13.4. The van der Waals surface area contributed by atoms with E-state index in [9.17, 15) is 4.79 Å². The van der Waals surface area contributed by atoms with Crippen molar-refractivity contribution in [3.05, 3.63) is 51.5 Å². The number of nitrogens with zero attached hydrogens (tertiary/aromatic N) is 1. The predicted molar refractivity (Wildman–Crippen MR) is 138 cm³/mol. The number of aryl methyl sites for hydroxylation is 1. The number of carbonyl (C=O) groups is 1. The van der Waals surface area contributed by atoms with Crippen molar-refractivity contribution in [2.75, 3.05) is 6.54 Å². The van der Waals surface area contributed by atoms with Gasteiger partial charge in [-0.2, -0.15) is 0 Å². The summed E-state index contributed by atoms with van der Waals surface area (Å²) in [7, 11) is 0. The minimum Gasteiger partial charge on any atom is -0.355 e. The topological polar surface area (TPSA) is 48.1 Å². The molecule has 8 heteroatoms. The van der Waals surface area contributed by atoms with E-state index in [0.717, 1.165) is 54.2 Å². The molecular formula is C24H25Cl2N3OS2. The van der Waals surface area contributed by atoms with Gasteiger partial charge in [-0.15, -0.1) is 0 Å². The van der Waals surface area contributed by atoms with Gasteiger partial charge in [0.1, 0.15) is 4.32 Å². The molecule has 3 fully saturated rings. The first kappa shape index (κ1) is 22.5. The van der Waals surface area contributed by atoms with Crippen molar-refractivity contribution in [3.8, 4) is 11.3 Å². The molecule has 32 heavy (non-hydrogen) atoms. The van der Waals surface area contributed by atoms with Crippen molar-refractivity contribution >= 4 is 63.7 Å². The van der Waals surface area contributed by atoms with E-state index in [-0.39, 0.29) is 11.9 Å². The molecule has 3 unspecified atom stereocenters. The molecule has 1 aromatic heterocycles. The Hall–Kier alpha value is -1.31. The number of benzene rings is 1. The van der Waals surface area contributed by atoms with Gasteiger partial charge in [-0.3, -0.25) is 9.69 Å². The van der Waals surface area contributed by atoms with Gasteiger partial charge in [0, 0.05) is 29.0 Å². The van der Waals surface area contributed by atoms with Crippen molar-refractivity contribution in [3.63, 3.8) is 0 Å². The van der Waals surface area contributed by atoms with Crippen LogP contribution in [-0.4, -0.2) is 32.7 Å². The highest BCUT2D eigenvalue weighted by Gasteiger charge is 2.47. The number of H-pyrrole nitrogens is 1. The Bertz CT molecular complexity index is 1070. The van der Waals surface area contributed by atoms with Crippen molar-refractivity contribution in [2.24, 2.45) is 11.8 Å². The van der Waals surface area contributed by atoms with Crippen molar-refractivity contribution in [1.82, 2.24) is 14.7 Å². The molecule has 2 aromatic rings. The number of aromatic nitrogens is 1. The van der Waals surface area contributed by atoms with Gasteiger partial charge in [0.2, 0.25) is 0 Å². The average Bonchev–Trinajstić information content (AvgIpc) is 3.54. The monoisotopic (exact) mass is 505 g/mol. The first-order valence-electron chi connectivity index (χ1n) is 11.1. The van der Waals surface area contributed by atoms with Crippen LogP contribution in [0.25, 0.3) is 17.3 Å². The second-order valence-corrected chi connectivity index (χ2v) is 11.3. The van der Waals surface area contributed by atoms with E-state index in [2.05, 4.69) is 15.9 Å². The van der Waals surface area contributed by atoms with E-state index in [1.54, 1.807) is 0 Å². The molecule has 3 atom stereocenters. The maximum absolute atomic E-state index is 13.4. The van der Waals surface area contributed by atoms with Crippen LogP contribution in [0.3, 0.4) is 0 Å². The standard InChI is InChI=1S/C24H25Cl2N3OS2/c25-18-7-5-15(6-8-18)19-12-16(2-1-9-27-26)20(28-19)13-22-23(30)29(24(31)32-22)21-11-14-3-4-17(21)10-14/h5-8,12-14,17,21,27-28H,1-4,9-11H2/b22-13-. The summed E-state index contributed by atoms with van der Waals surface area (Å²) in [5, 5.41) is 0.707. The van der Waals surface area contributed by atoms with Crippen LogP contribution in [0.15, 0.2) is 35.2 Å². The van der Waals surface area contributed by atoms with Crippen molar-refractivity contribution < 1.29 is 4.79 Å². The highest BCUT2D eigenvalue weighted by atomic mass is 35.5. The molecule has 1 saturated heterocycles. The Morgan fingerprint density at radius 2 is 2.06 bits per heavy atom. The molecule has 2 heterocycles. The lowest BCUT2D eigenvalue weighted by Gasteiger charge is -2.30. The Kier molecular flexibility index (Phi) is 6.68. The van der Waals surface area contributed by atoms with E-state index in [4.69, 9.17) is 35.6 Å². The molecule has 3 aliphatic rings. The summed E-state index contributed by atoms with van der Waals surface area (Å²) in [6.07, 6.45) is 8.62. The average molecular weight is 507 g/mol. The molecule has 1 aromatic carbocycles. The van der Waals surface area contributed by atoms with Gasteiger partial charge in [-0.25, -0.2) is 4.84 Å². The van der Waals surface area contributed by atoms with Crippen LogP contribution in [0.2, 0.25) is 5.02 Å². The van der Waals surface area contributed by atoms with Gasteiger partial charge in [0.05, 0.1) is 4.91 Å². The number of nitrogens with one attached hydrogen (secondary N) is 2. The first-order chi connectivity index (χ1) is 15.5. The summed E-state index contributed by atoms with van der Waals surface area (Å²) in [5.74, 6) is 1.45. The van der Waals surface area contributed by atoms with Crippen LogP contribution < -0.4 is 4.84 Å². The summed E-state index contributed by atoms with van der Waals surface area (Å²) in [5.41, 5.74) is 4.18. The number of thioether (sulfide) groups is 1. The van der Waals surface area contributed by atoms with Gasteiger partial charge in [0.15, 0.2) is 0 Å². The number of hydrogen-bond acceptors (Lipinski definition) is 4. The van der Waals surface area contributed by atoms with E-state index < -0.39 is 0 Å². The Labute approximate surface area is 208 Å². The lowest BCUT2D eigenvalue weighted by atomic mass is 9.94. The highest BCUT2D eigenvalue weighted by molar-refractivity contribution is 8.26. The first-order valence-corrected chi connectivity index (χ1v) is 13.1. The van der Waals surface area contributed by atoms with Crippen LogP contribution in [0.1, 0.15) is 43.4 Å². The molecule has 0 radical (unpaired) electrons. The van der Waals surface area contributed by atoms with Gasteiger partial charge in [-0.1, -0.05) is 54.1 Å². The highest BCUT2D eigenvalue weighted by Crippen LogP contribution is 2.49. The number of halogens is 2. The molecule has 2 bridgehead atoms. The number of thiocarbonyl (C=S) groups is 1. The predicted octanol–water partition coefficient (Wildman–Crippen LogP) is 6.40. The van der Waals surface area contributed by atoms with E-state index in [1.807, 2.05) is 35.2 Å². The zero-order valence-electron chi connectivity index (χ0n) is 17.6. The second-order valence-electron chi connectivity index (χ2n) is 8.91. The summed E-state index contributed by atoms with van der Waals surface area (Å²) < 4.78 is 0.705. The molecule has 0 spiro atoms. The molecule has 1 amide bonds. The molecule has 2 N–H and O–H groups in total. The number of aromatic amines is 1. The minimum absolute atomic E-state index is 0.0635. The molecule has 1 aliphatic heterocycles. The third kappa shape index (κ3) is 4.40. The van der Waals surface area contributed by atoms with Crippen LogP contribution in [0.4, 0.5) is 0 Å². The summed E-state index contributed by atoms with van der Waals surface area (Å²) in [6, 6.07) is 10.2. The third-order valence-corrected chi connectivity index (χ3v) is 8.71. The third-order valence-electron chi connectivity index (χ3n) is 6.94. The van der Waals surface area contributed by atoms with Gasteiger partial charge >= 0.3 is 0 Å². The Morgan fingerprint density at radius 3 is 2.75 bits per heavy atom. The Morgan fingerprint density at radius 1 is 1.25 bits per heavy atom. The number of fused-ring (bicyclic) bond motifs is 2. The van der Waals surface area contributed by atoms with Gasteiger partial charge in [-0.05, 0) is 91.1 Å². The second kappa shape index (κ2) is 9.51. The number of hydrogen-bond donors (Lipinski definition) is 2. The quantitative estimate of drug-likeness (QED) is 0.197. The molecular weight excluding hydrogens is 481 g/mol. The van der Waals surface area contributed by atoms with E-state index in [0.29, 0.717) is 20.2 Å². The fourth-order valence-electron chi connectivity index (χ4n) is 5.40. The molecule has 168 valence electrons. The lowest BCUT2D eigenvalue weighted by molar-refractivity contribution is -0.124. The summed E-state index contributed by atoms with van der Waals surface area (Å²) in [4.78, 5) is 22.2. The summed E-state index contributed by atoms with van der Waals surface area (Å²) in [6.45, 7) is 0.717. The van der Waals surface area contributed by atoms with Crippen LogP contribution in [0, 0.1) is 11.8 Å². The lowest BCUT2D eigenvalue weighted by Crippen LogP contribution is -2.41. The molecule has 5 rings (SSSR count). The fraction of sp³-hybridized carbons (Fsp3) is 0.417. The zero-order valence-corrected chi connectivity index (χ0v) is 20.7. The number of carbonyl (C=O) groups excluding carboxylic acids is 1. The van der Waals surface area contributed by atoms with Gasteiger partial charge < -0.3 is 4.98 Å². The Balaban J connectivity index is 1.43. The van der Waals surface area contributed by atoms with E-state index >= 15 is 0 Å². The molecule has 4 nitrogen and oxygen atoms in total. The van der Waals surface area contributed by atoms with Gasteiger partial charge in [0.25, 0.3) is 5.91 Å². The summed E-state index contributed by atoms with van der Waals surface area (Å²) >= 11 is 18.8. The zero-order chi connectivity index (χ0) is 22.2. The largest absolute Gasteiger partial charge is 0.355 e.